The molecule has 1 amide bonds. The van der Waals surface area contributed by atoms with E-state index in [2.05, 4.69) is 11.4 Å². The molecule has 3 rings (SSSR count). The van der Waals surface area contributed by atoms with Crippen LogP contribution >= 0.6 is 12.4 Å². The van der Waals surface area contributed by atoms with Crippen LogP contribution in [0.25, 0.3) is 0 Å². The van der Waals surface area contributed by atoms with E-state index in [4.69, 9.17) is 0 Å². The summed E-state index contributed by atoms with van der Waals surface area (Å²) in [6, 6.07) is 5.93. The number of halogens is 3. The van der Waals surface area contributed by atoms with Gasteiger partial charge in [-0.25, -0.2) is 8.78 Å². The highest BCUT2D eigenvalue weighted by molar-refractivity contribution is 5.96. The summed E-state index contributed by atoms with van der Waals surface area (Å²) in [4.78, 5) is 13.9. The van der Waals surface area contributed by atoms with Crippen LogP contribution in [0.15, 0.2) is 18.2 Å². The van der Waals surface area contributed by atoms with Crippen LogP contribution in [0.4, 0.5) is 8.78 Å². The van der Waals surface area contributed by atoms with Gasteiger partial charge in [0.15, 0.2) is 0 Å². The molecule has 2 aliphatic rings. The van der Waals surface area contributed by atoms with E-state index >= 15 is 0 Å². The molecular weight excluding hydrogens is 322 g/mol. The molecule has 1 aromatic carbocycles. The van der Waals surface area contributed by atoms with Gasteiger partial charge in [0, 0.05) is 18.5 Å². The minimum absolute atomic E-state index is 0. The van der Waals surface area contributed by atoms with E-state index in [1.165, 1.54) is 4.90 Å². The number of hydrogen-bond acceptors (Lipinski definition) is 2. The molecule has 2 fully saturated rings. The number of aryl methyl sites for hydroxylation is 1. The number of nitrogens with zero attached hydrogens (tertiary/aromatic N) is 1. The number of nitrogens with one attached hydrogen (secondary N) is 1. The molecule has 0 aromatic heterocycles. The molecule has 2 aliphatic heterocycles. The molecule has 0 aliphatic carbocycles. The van der Waals surface area contributed by atoms with E-state index in [9.17, 15) is 13.6 Å². The number of hydrogen-bond donors (Lipinski definition) is 1. The third-order valence-corrected chi connectivity index (χ3v) is 4.76. The number of carbonyl (C=O) groups is 1. The van der Waals surface area contributed by atoms with Crippen LogP contribution in [-0.2, 0) is 0 Å². The van der Waals surface area contributed by atoms with Gasteiger partial charge in [0.2, 0.25) is 0 Å². The maximum absolute atomic E-state index is 13.3. The van der Waals surface area contributed by atoms with Crippen molar-refractivity contribution in [3.05, 3.63) is 34.9 Å². The standard InChI is InChI=1S/C17H22F2N2O.ClH/c1-12-2-3-14(13-4-7-20-8-5-13)10-15(12)16(22)21-9-6-17(18,19)11-21;/h2-3,10,13,20H,4-9,11H2,1H3;1H. The average Bonchev–Trinajstić information content (AvgIpc) is 2.88. The zero-order chi connectivity index (χ0) is 15.7. The Morgan fingerprint density at radius 2 is 2.00 bits per heavy atom. The van der Waals surface area contributed by atoms with Gasteiger partial charge in [-0.05, 0) is 56.0 Å². The molecule has 0 radical (unpaired) electrons. The molecule has 23 heavy (non-hydrogen) atoms. The second-order valence-electron chi connectivity index (χ2n) is 6.43. The van der Waals surface area contributed by atoms with E-state index in [1.807, 2.05) is 19.1 Å². The van der Waals surface area contributed by atoms with Gasteiger partial charge in [-0.1, -0.05) is 12.1 Å². The van der Waals surface area contributed by atoms with Gasteiger partial charge in [-0.2, -0.15) is 0 Å². The minimum atomic E-state index is -2.74. The molecule has 3 nitrogen and oxygen atoms in total. The van der Waals surface area contributed by atoms with E-state index < -0.39 is 12.5 Å². The van der Waals surface area contributed by atoms with Crippen LogP contribution < -0.4 is 5.32 Å². The van der Waals surface area contributed by atoms with Gasteiger partial charge >= 0.3 is 0 Å². The SMILES string of the molecule is Cc1ccc(C2CCNCC2)cc1C(=O)N1CCC(F)(F)C1.Cl. The summed E-state index contributed by atoms with van der Waals surface area (Å²) in [5.41, 5.74) is 2.59. The van der Waals surface area contributed by atoms with Crippen LogP contribution in [0.3, 0.4) is 0 Å². The number of amides is 1. The van der Waals surface area contributed by atoms with Crippen molar-refractivity contribution in [2.75, 3.05) is 26.2 Å². The molecule has 0 saturated carbocycles. The molecule has 128 valence electrons. The van der Waals surface area contributed by atoms with Crippen LogP contribution in [0, 0.1) is 6.92 Å². The smallest absolute Gasteiger partial charge is 0.267 e. The van der Waals surface area contributed by atoms with Gasteiger partial charge in [0.05, 0.1) is 6.54 Å². The molecular formula is C17H23ClF2N2O. The summed E-state index contributed by atoms with van der Waals surface area (Å²) in [5, 5.41) is 3.33. The van der Waals surface area contributed by atoms with Crippen molar-refractivity contribution in [2.45, 2.75) is 38.0 Å². The van der Waals surface area contributed by atoms with E-state index in [0.29, 0.717) is 11.5 Å². The number of piperidine rings is 1. The third-order valence-electron chi connectivity index (χ3n) is 4.76. The van der Waals surface area contributed by atoms with Crippen LogP contribution in [0.2, 0.25) is 0 Å². The first-order valence-electron chi connectivity index (χ1n) is 7.95. The number of likely N-dealkylation sites (tertiary alicyclic amines) is 1. The highest BCUT2D eigenvalue weighted by Crippen LogP contribution is 2.30. The third kappa shape index (κ3) is 4.01. The number of rotatable bonds is 2. The second kappa shape index (κ2) is 7.14. The molecule has 1 aromatic rings. The van der Waals surface area contributed by atoms with Crippen molar-refractivity contribution in [1.82, 2.24) is 10.2 Å². The van der Waals surface area contributed by atoms with Gasteiger partial charge in [0.25, 0.3) is 11.8 Å². The Bertz CT molecular complexity index is 574. The lowest BCUT2D eigenvalue weighted by molar-refractivity contribution is 0.0120. The van der Waals surface area contributed by atoms with Crippen LogP contribution in [-0.4, -0.2) is 42.9 Å². The van der Waals surface area contributed by atoms with Crippen molar-refractivity contribution < 1.29 is 13.6 Å². The van der Waals surface area contributed by atoms with E-state index in [-0.39, 0.29) is 31.3 Å². The number of alkyl halides is 2. The predicted molar refractivity (Wildman–Crippen MR) is 88.7 cm³/mol. The molecule has 2 heterocycles. The fraction of sp³-hybridized carbons (Fsp3) is 0.588. The fourth-order valence-electron chi connectivity index (χ4n) is 3.36. The Balaban J connectivity index is 0.00000192. The Morgan fingerprint density at radius 1 is 1.30 bits per heavy atom. The molecule has 0 unspecified atom stereocenters. The second-order valence-corrected chi connectivity index (χ2v) is 6.43. The zero-order valence-electron chi connectivity index (χ0n) is 13.3. The summed E-state index contributed by atoms with van der Waals surface area (Å²) in [6.45, 7) is 3.53. The first kappa shape index (κ1) is 18.1. The lowest BCUT2D eigenvalue weighted by Crippen LogP contribution is -2.32. The molecule has 6 heteroatoms. The summed E-state index contributed by atoms with van der Waals surface area (Å²) < 4.78 is 26.7. The average molecular weight is 345 g/mol. The summed E-state index contributed by atoms with van der Waals surface area (Å²) in [6.07, 6.45) is 1.88. The lowest BCUT2D eigenvalue weighted by atomic mass is 9.88. The monoisotopic (exact) mass is 344 g/mol. The Labute approximate surface area is 141 Å². The molecule has 2 saturated heterocycles. The maximum atomic E-state index is 13.3. The molecule has 0 bridgehead atoms. The van der Waals surface area contributed by atoms with Crippen molar-refractivity contribution in [2.24, 2.45) is 0 Å². The van der Waals surface area contributed by atoms with E-state index in [1.54, 1.807) is 0 Å². The molecule has 1 N–H and O–H groups in total. The molecule has 0 atom stereocenters. The highest BCUT2D eigenvalue weighted by atomic mass is 35.5. The molecule has 0 spiro atoms. The van der Waals surface area contributed by atoms with Crippen molar-refractivity contribution >= 4 is 18.3 Å². The Hall–Kier alpha value is -1.20. The van der Waals surface area contributed by atoms with Gasteiger partial charge in [-0.3, -0.25) is 4.79 Å². The normalized spacial score (nSPS) is 21.1. The highest BCUT2D eigenvalue weighted by Gasteiger charge is 2.40. The minimum Gasteiger partial charge on any atom is -0.332 e. The topological polar surface area (TPSA) is 32.3 Å². The Kier molecular flexibility index (Phi) is 5.63. The fourth-order valence-corrected chi connectivity index (χ4v) is 3.36. The zero-order valence-corrected chi connectivity index (χ0v) is 14.1. The van der Waals surface area contributed by atoms with Gasteiger partial charge in [-0.15, -0.1) is 12.4 Å². The quantitative estimate of drug-likeness (QED) is 0.892. The predicted octanol–water partition coefficient (Wildman–Crippen LogP) is 3.37. The lowest BCUT2D eigenvalue weighted by Gasteiger charge is -2.24. The van der Waals surface area contributed by atoms with Gasteiger partial charge < -0.3 is 10.2 Å². The number of benzene rings is 1. The van der Waals surface area contributed by atoms with Crippen LogP contribution in [0.5, 0.6) is 0 Å². The van der Waals surface area contributed by atoms with Gasteiger partial charge in [0.1, 0.15) is 0 Å². The summed E-state index contributed by atoms with van der Waals surface area (Å²) >= 11 is 0. The van der Waals surface area contributed by atoms with Crippen molar-refractivity contribution in [1.29, 1.82) is 0 Å². The van der Waals surface area contributed by atoms with E-state index in [0.717, 1.165) is 37.1 Å². The van der Waals surface area contributed by atoms with Crippen molar-refractivity contribution in [3.63, 3.8) is 0 Å². The largest absolute Gasteiger partial charge is 0.332 e. The summed E-state index contributed by atoms with van der Waals surface area (Å²) in [5.74, 6) is -2.55. The maximum Gasteiger partial charge on any atom is 0.267 e. The number of carbonyl (C=O) groups excluding carboxylic acids is 1. The first-order valence-corrected chi connectivity index (χ1v) is 7.95. The van der Waals surface area contributed by atoms with Crippen molar-refractivity contribution in [3.8, 4) is 0 Å². The van der Waals surface area contributed by atoms with Crippen LogP contribution in [0.1, 0.15) is 46.7 Å². The Morgan fingerprint density at radius 3 is 2.61 bits per heavy atom. The first-order chi connectivity index (χ1) is 10.5. The summed E-state index contributed by atoms with van der Waals surface area (Å²) in [7, 11) is 0.